The fraction of sp³-hybridized carbons (Fsp3) is 0.333. The van der Waals surface area contributed by atoms with Crippen LogP contribution in [0.5, 0.6) is 0 Å². The second-order valence-electron chi connectivity index (χ2n) is 5.45. The minimum absolute atomic E-state index is 0.0358. The lowest BCUT2D eigenvalue weighted by molar-refractivity contribution is 0.386. The summed E-state index contributed by atoms with van der Waals surface area (Å²) < 4.78 is 51.5. The van der Waals surface area contributed by atoms with Crippen molar-refractivity contribution in [1.82, 2.24) is 14.3 Å². The average molecular weight is 355 g/mol. The van der Waals surface area contributed by atoms with Crippen LogP contribution in [0.3, 0.4) is 0 Å². The Morgan fingerprint density at radius 3 is 2.71 bits per heavy atom. The fourth-order valence-electron chi connectivity index (χ4n) is 2.60. The third-order valence-electron chi connectivity index (χ3n) is 3.98. The van der Waals surface area contributed by atoms with E-state index in [4.69, 9.17) is 0 Å². The first-order valence-corrected chi connectivity index (χ1v) is 8.98. The Morgan fingerprint density at radius 2 is 2.04 bits per heavy atom. The maximum atomic E-state index is 13.4. The van der Waals surface area contributed by atoms with E-state index in [-0.39, 0.29) is 42.2 Å². The second-order valence-corrected chi connectivity index (χ2v) is 7.71. The smallest absolute Gasteiger partial charge is 0.255 e. The molecule has 1 aliphatic heterocycles. The number of H-pyrrole nitrogens is 1. The van der Waals surface area contributed by atoms with Crippen molar-refractivity contribution in [2.24, 2.45) is 0 Å². The van der Waals surface area contributed by atoms with Gasteiger partial charge in [0.15, 0.2) is 11.6 Å². The van der Waals surface area contributed by atoms with Crippen LogP contribution in [0.1, 0.15) is 18.2 Å². The zero-order chi connectivity index (χ0) is 17.5. The van der Waals surface area contributed by atoms with Crippen molar-refractivity contribution in [3.05, 3.63) is 51.4 Å². The molecule has 0 amide bonds. The molecule has 1 N–H and O–H groups in total. The van der Waals surface area contributed by atoms with Crippen LogP contribution in [-0.4, -0.2) is 35.0 Å². The van der Waals surface area contributed by atoms with E-state index in [1.54, 1.807) is 6.92 Å². The summed E-state index contributed by atoms with van der Waals surface area (Å²) in [6, 6.07) is 3.23. The van der Waals surface area contributed by atoms with E-state index in [1.165, 1.54) is 10.4 Å². The summed E-state index contributed by atoms with van der Waals surface area (Å²) in [5.41, 5.74) is 0.527. The monoisotopic (exact) mass is 355 g/mol. The molecule has 3 rings (SSSR count). The van der Waals surface area contributed by atoms with E-state index >= 15 is 0 Å². The van der Waals surface area contributed by atoms with Gasteiger partial charge in [-0.05, 0) is 25.1 Å². The van der Waals surface area contributed by atoms with Gasteiger partial charge in [-0.2, -0.15) is 4.31 Å². The van der Waals surface area contributed by atoms with E-state index in [1.807, 2.05) is 0 Å². The minimum Gasteiger partial charge on any atom is -0.306 e. The van der Waals surface area contributed by atoms with Crippen molar-refractivity contribution in [2.45, 2.75) is 19.9 Å². The third-order valence-corrected chi connectivity index (χ3v) is 5.81. The Hall–Kier alpha value is -2.13. The fourth-order valence-corrected chi connectivity index (χ4v) is 3.66. The third kappa shape index (κ3) is 2.96. The molecule has 0 saturated carbocycles. The number of halogens is 2. The molecule has 0 fully saturated rings. The number of hydrogen-bond donors (Lipinski definition) is 1. The quantitative estimate of drug-likeness (QED) is 0.903. The van der Waals surface area contributed by atoms with Crippen LogP contribution < -0.4 is 5.56 Å². The standard InChI is InChI=1S/C15H15F2N3O3S/c1-2-24(22,23)20-6-5-13-10(8-20)15(21)19-14(18-13)9-3-4-11(16)12(17)7-9/h3-4,7H,2,5-6,8H2,1H3,(H,18,19,21). The van der Waals surface area contributed by atoms with Crippen LogP contribution in [0.4, 0.5) is 8.78 Å². The van der Waals surface area contributed by atoms with Gasteiger partial charge in [0.2, 0.25) is 10.0 Å². The highest BCUT2D eigenvalue weighted by atomic mass is 32.2. The van der Waals surface area contributed by atoms with E-state index in [2.05, 4.69) is 9.97 Å². The van der Waals surface area contributed by atoms with Gasteiger partial charge in [-0.3, -0.25) is 4.79 Å². The predicted octanol–water partition coefficient (Wildman–Crippen LogP) is 1.42. The predicted molar refractivity (Wildman–Crippen MR) is 83.8 cm³/mol. The summed E-state index contributed by atoms with van der Waals surface area (Å²) in [6.07, 6.45) is 0.287. The Labute approximate surface area is 137 Å². The van der Waals surface area contributed by atoms with Crippen LogP contribution in [0.2, 0.25) is 0 Å². The summed E-state index contributed by atoms with van der Waals surface area (Å²) >= 11 is 0. The molecule has 9 heteroatoms. The molecule has 6 nitrogen and oxygen atoms in total. The lowest BCUT2D eigenvalue weighted by atomic mass is 10.1. The highest BCUT2D eigenvalue weighted by molar-refractivity contribution is 7.89. The molecule has 1 aliphatic rings. The zero-order valence-corrected chi connectivity index (χ0v) is 13.7. The van der Waals surface area contributed by atoms with Gasteiger partial charge >= 0.3 is 0 Å². The summed E-state index contributed by atoms with van der Waals surface area (Å²) in [7, 11) is -3.39. The molecule has 0 atom stereocenters. The van der Waals surface area contributed by atoms with Crippen molar-refractivity contribution in [2.75, 3.05) is 12.3 Å². The Kier molecular flexibility index (Phi) is 4.22. The molecule has 2 heterocycles. The van der Waals surface area contributed by atoms with E-state index in [0.29, 0.717) is 5.69 Å². The number of fused-ring (bicyclic) bond motifs is 1. The molecule has 1 aromatic heterocycles. The highest BCUT2D eigenvalue weighted by Crippen LogP contribution is 2.21. The maximum absolute atomic E-state index is 13.4. The van der Waals surface area contributed by atoms with Crippen LogP contribution in [0.25, 0.3) is 11.4 Å². The van der Waals surface area contributed by atoms with Crippen LogP contribution >= 0.6 is 0 Å². The van der Waals surface area contributed by atoms with Crippen molar-refractivity contribution in [3.8, 4) is 11.4 Å². The zero-order valence-electron chi connectivity index (χ0n) is 12.8. The van der Waals surface area contributed by atoms with Crippen molar-refractivity contribution in [3.63, 3.8) is 0 Å². The largest absolute Gasteiger partial charge is 0.306 e. The molecule has 24 heavy (non-hydrogen) atoms. The Balaban J connectivity index is 2.01. The van der Waals surface area contributed by atoms with Gasteiger partial charge in [-0.25, -0.2) is 22.2 Å². The molecule has 2 aromatic rings. The molecule has 0 unspecified atom stereocenters. The van der Waals surface area contributed by atoms with Crippen molar-refractivity contribution < 1.29 is 17.2 Å². The van der Waals surface area contributed by atoms with E-state index in [0.717, 1.165) is 12.1 Å². The van der Waals surface area contributed by atoms with Gasteiger partial charge in [0.1, 0.15) is 5.82 Å². The average Bonchev–Trinajstić information content (AvgIpc) is 2.57. The Bertz CT molecular complexity index is 957. The second kappa shape index (κ2) is 6.06. The normalized spacial score (nSPS) is 15.3. The lowest BCUT2D eigenvalue weighted by Gasteiger charge is -2.26. The molecule has 0 saturated heterocycles. The molecule has 0 bridgehead atoms. The summed E-state index contributed by atoms with van der Waals surface area (Å²) in [5, 5.41) is 0. The van der Waals surface area contributed by atoms with Crippen LogP contribution in [0, 0.1) is 11.6 Å². The number of aromatic nitrogens is 2. The molecular weight excluding hydrogens is 340 g/mol. The SMILES string of the molecule is CCS(=O)(=O)N1CCc2nc(-c3ccc(F)c(F)c3)[nH]c(=O)c2C1. The summed E-state index contributed by atoms with van der Waals surface area (Å²) in [5.74, 6) is -1.93. The van der Waals surface area contributed by atoms with Gasteiger partial charge in [0, 0.05) is 25.1 Å². The first-order chi connectivity index (χ1) is 11.3. The van der Waals surface area contributed by atoms with Gasteiger partial charge < -0.3 is 4.98 Å². The number of nitrogens with one attached hydrogen (secondary N) is 1. The first kappa shape index (κ1) is 16.7. The Morgan fingerprint density at radius 1 is 1.29 bits per heavy atom. The van der Waals surface area contributed by atoms with Gasteiger partial charge in [-0.1, -0.05) is 0 Å². The molecule has 0 aliphatic carbocycles. The number of aromatic amines is 1. The highest BCUT2D eigenvalue weighted by Gasteiger charge is 2.28. The van der Waals surface area contributed by atoms with Crippen LogP contribution in [-0.2, 0) is 23.0 Å². The molecular formula is C15H15F2N3O3S. The van der Waals surface area contributed by atoms with Crippen LogP contribution in [0.15, 0.2) is 23.0 Å². The van der Waals surface area contributed by atoms with E-state index < -0.39 is 27.2 Å². The maximum Gasteiger partial charge on any atom is 0.255 e. The van der Waals surface area contributed by atoms with Crippen molar-refractivity contribution in [1.29, 1.82) is 0 Å². The summed E-state index contributed by atoms with van der Waals surface area (Å²) in [4.78, 5) is 19.1. The van der Waals surface area contributed by atoms with Gasteiger partial charge in [-0.15, -0.1) is 0 Å². The first-order valence-electron chi connectivity index (χ1n) is 7.37. The number of sulfonamides is 1. The minimum atomic E-state index is -3.39. The van der Waals surface area contributed by atoms with Gasteiger partial charge in [0.25, 0.3) is 5.56 Å². The molecule has 0 radical (unpaired) electrons. The lowest BCUT2D eigenvalue weighted by Crippen LogP contribution is -2.40. The number of rotatable bonds is 3. The molecule has 0 spiro atoms. The number of hydrogen-bond acceptors (Lipinski definition) is 4. The number of nitrogens with zero attached hydrogens (tertiary/aromatic N) is 2. The van der Waals surface area contributed by atoms with Gasteiger partial charge in [0.05, 0.1) is 17.0 Å². The van der Waals surface area contributed by atoms with E-state index in [9.17, 15) is 22.0 Å². The molecule has 128 valence electrons. The summed E-state index contributed by atoms with van der Waals surface area (Å²) in [6.45, 7) is 1.74. The number of benzene rings is 1. The van der Waals surface area contributed by atoms with Crippen molar-refractivity contribution >= 4 is 10.0 Å². The topological polar surface area (TPSA) is 83.1 Å². The molecule has 1 aromatic carbocycles.